The maximum absolute atomic E-state index is 7.00. The van der Waals surface area contributed by atoms with E-state index in [1.54, 1.807) is 0 Å². The van der Waals surface area contributed by atoms with E-state index >= 15 is 0 Å². The van der Waals surface area contributed by atoms with E-state index in [9.17, 15) is 0 Å². The third-order valence-electron chi connectivity index (χ3n) is 1.90. The fraction of sp³-hybridized carbons (Fsp3) is 0.214. The van der Waals surface area contributed by atoms with E-state index in [2.05, 4.69) is 17.1 Å². The van der Waals surface area contributed by atoms with Gasteiger partial charge in [0.25, 0.3) is 0 Å². The number of pyridine rings is 1. The van der Waals surface area contributed by atoms with Crippen molar-refractivity contribution < 1.29 is 30.3 Å². The number of hydrogen-bond acceptors (Lipinski definition) is 3. The molecule has 1 heterocycles. The second-order valence-corrected chi connectivity index (χ2v) is 3.00. The van der Waals surface area contributed by atoms with Crippen molar-refractivity contribution in [2.75, 3.05) is 14.2 Å². The molecule has 0 amide bonds. The molecule has 0 atom stereocenters. The van der Waals surface area contributed by atoms with Gasteiger partial charge in [-0.15, -0.1) is 35.9 Å². The number of hydrogen-bond donors (Lipinski definition) is 2. The van der Waals surface area contributed by atoms with Crippen LogP contribution < -0.4 is 0 Å². The summed E-state index contributed by atoms with van der Waals surface area (Å²) in [5.74, 6) is 0. The van der Waals surface area contributed by atoms with E-state index in [4.69, 9.17) is 10.2 Å². The van der Waals surface area contributed by atoms with Crippen molar-refractivity contribution >= 4 is 0 Å². The minimum atomic E-state index is 0. The minimum Gasteiger partial charge on any atom is -0.400 e. The van der Waals surface area contributed by atoms with Crippen molar-refractivity contribution in [2.24, 2.45) is 0 Å². The molecule has 0 saturated carbocycles. The average molecular weight is 425 g/mol. The molecule has 1 radical (unpaired) electrons. The molecule has 0 aliphatic carbocycles. The van der Waals surface area contributed by atoms with Crippen molar-refractivity contribution in [1.82, 2.24) is 4.98 Å². The van der Waals surface area contributed by atoms with Gasteiger partial charge in [-0.25, -0.2) is 0 Å². The van der Waals surface area contributed by atoms with Crippen LogP contribution in [0.3, 0.4) is 0 Å². The zero-order chi connectivity index (χ0) is 13.1. The predicted molar refractivity (Wildman–Crippen MR) is 69.5 cm³/mol. The van der Waals surface area contributed by atoms with Gasteiger partial charge in [-0.1, -0.05) is 12.1 Å². The van der Waals surface area contributed by atoms with E-state index in [0.717, 1.165) is 25.5 Å². The van der Waals surface area contributed by atoms with Crippen LogP contribution in [0.25, 0.3) is 11.3 Å². The van der Waals surface area contributed by atoms with Gasteiger partial charge in [0.1, 0.15) is 0 Å². The smallest absolute Gasteiger partial charge is 0.0319 e. The van der Waals surface area contributed by atoms with Crippen LogP contribution in [0, 0.1) is 13.0 Å². The molecule has 0 aliphatic heterocycles. The molecule has 0 spiro atoms. The summed E-state index contributed by atoms with van der Waals surface area (Å²) < 4.78 is 0. The molecule has 2 aromatic rings. The van der Waals surface area contributed by atoms with Crippen LogP contribution in [0.4, 0.5) is 0 Å². The molecule has 0 aliphatic rings. The molecule has 101 valence electrons. The Morgan fingerprint density at radius 1 is 1.00 bits per heavy atom. The molecule has 1 aromatic heterocycles. The number of nitrogens with zero attached hydrogens (tertiary/aromatic N) is 1. The summed E-state index contributed by atoms with van der Waals surface area (Å²) in [6.45, 7) is 2.03. The summed E-state index contributed by atoms with van der Waals surface area (Å²) in [6.07, 6.45) is 1.87. The van der Waals surface area contributed by atoms with E-state index < -0.39 is 0 Å². The summed E-state index contributed by atoms with van der Waals surface area (Å²) in [5.41, 5.74) is 3.20. The number of aliphatic hydroxyl groups is 2. The van der Waals surface area contributed by atoms with Gasteiger partial charge >= 0.3 is 0 Å². The molecule has 3 nitrogen and oxygen atoms in total. The van der Waals surface area contributed by atoms with Crippen LogP contribution >= 0.6 is 0 Å². The second-order valence-electron chi connectivity index (χ2n) is 3.00. The van der Waals surface area contributed by atoms with Crippen LogP contribution in [0.1, 0.15) is 5.56 Å². The van der Waals surface area contributed by atoms with E-state index in [1.807, 2.05) is 43.5 Å². The summed E-state index contributed by atoms with van der Waals surface area (Å²) >= 11 is 0. The standard InChI is InChI=1S/C12H10N.2CH4O.Ir/c1-10-7-8-12(13-9-10)11-5-3-2-4-6-11;2*1-2;/h2-5,7-9H,1H3;2*2H,1H3;/q-1;;;. The normalized spacial score (nSPS) is 7.83. The van der Waals surface area contributed by atoms with Gasteiger partial charge in [-0.3, -0.25) is 0 Å². The SMILES string of the molecule is CO.CO.Cc1ccc(-c2[c-]cccc2)nc1.[Ir]. The Hall–Kier alpha value is -1.06. The first-order valence-electron chi connectivity index (χ1n) is 5.15. The summed E-state index contributed by atoms with van der Waals surface area (Å²) in [4.78, 5) is 4.32. The van der Waals surface area contributed by atoms with E-state index in [0.29, 0.717) is 0 Å². The molecule has 0 fully saturated rings. The van der Waals surface area contributed by atoms with Crippen LogP contribution in [-0.4, -0.2) is 29.4 Å². The first-order chi connectivity index (χ1) is 8.36. The van der Waals surface area contributed by atoms with Gasteiger partial charge in [0.15, 0.2) is 0 Å². The first kappa shape index (κ1) is 19.3. The maximum Gasteiger partial charge on any atom is 0.0319 e. The molecule has 0 saturated heterocycles. The van der Waals surface area contributed by atoms with Crippen molar-refractivity contribution in [2.45, 2.75) is 6.92 Å². The van der Waals surface area contributed by atoms with Gasteiger partial charge in [0.05, 0.1) is 0 Å². The fourth-order valence-corrected chi connectivity index (χ4v) is 1.18. The third-order valence-corrected chi connectivity index (χ3v) is 1.90. The molecule has 2 N–H and O–H groups in total. The van der Waals surface area contributed by atoms with E-state index in [1.165, 1.54) is 5.56 Å². The topological polar surface area (TPSA) is 53.4 Å². The van der Waals surface area contributed by atoms with Crippen LogP contribution in [0.5, 0.6) is 0 Å². The number of rotatable bonds is 1. The van der Waals surface area contributed by atoms with Crippen LogP contribution in [0.2, 0.25) is 0 Å². The number of aromatic nitrogens is 1. The molecule has 4 heteroatoms. The molecule has 0 bridgehead atoms. The van der Waals surface area contributed by atoms with Crippen molar-refractivity contribution in [3.63, 3.8) is 0 Å². The molecule has 1 aromatic carbocycles. The monoisotopic (exact) mass is 425 g/mol. The Morgan fingerprint density at radius 2 is 1.67 bits per heavy atom. The average Bonchev–Trinajstić information content (AvgIpc) is 2.45. The zero-order valence-electron chi connectivity index (χ0n) is 10.7. The molecule has 18 heavy (non-hydrogen) atoms. The van der Waals surface area contributed by atoms with Crippen molar-refractivity contribution in [1.29, 1.82) is 0 Å². The number of aliphatic hydroxyl groups excluding tert-OH is 2. The molecular weight excluding hydrogens is 406 g/mol. The number of aryl methyl sites for hydroxylation is 1. The van der Waals surface area contributed by atoms with E-state index in [-0.39, 0.29) is 20.1 Å². The van der Waals surface area contributed by atoms with Crippen molar-refractivity contribution in [3.05, 3.63) is 54.2 Å². The molecule has 2 rings (SSSR count). The fourth-order valence-electron chi connectivity index (χ4n) is 1.18. The summed E-state index contributed by atoms with van der Waals surface area (Å²) in [5, 5.41) is 14.0. The third kappa shape index (κ3) is 6.62. The molecular formula is C14H18IrNO2-. The Labute approximate surface area is 122 Å². The Bertz CT molecular complexity index is 390. The summed E-state index contributed by atoms with van der Waals surface area (Å²) in [6, 6.07) is 15.1. The summed E-state index contributed by atoms with van der Waals surface area (Å²) in [7, 11) is 2.00. The second kappa shape index (κ2) is 12.4. The first-order valence-corrected chi connectivity index (χ1v) is 5.15. The maximum atomic E-state index is 7.00. The Balaban J connectivity index is 0. The Kier molecular flexibility index (Phi) is 13.3. The Morgan fingerprint density at radius 3 is 2.11 bits per heavy atom. The predicted octanol–water partition coefficient (Wildman–Crippen LogP) is 2.07. The zero-order valence-corrected chi connectivity index (χ0v) is 13.1. The van der Waals surface area contributed by atoms with Gasteiger partial charge in [-0.2, -0.15) is 0 Å². The number of benzene rings is 1. The minimum absolute atomic E-state index is 0. The van der Waals surface area contributed by atoms with Gasteiger partial charge < -0.3 is 15.2 Å². The molecule has 0 unspecified atom stereocenters. The van der Waals surface area contributed by atoms with Gasteiger partial charge in [0, 0.05) is 40.5 Å². The van der Waals surface area contributed by atoms with Crippen LogP contribution in [0.15, 0.2) is 42.6 Å². The van der Waals surface area contributed by atoms with Crippen molar-refractivity contribution in [3.8, 4) is 11.3 Å². The largest absolute Gasteiger partial charge is 0.400 e. The van der Waals surface area contributed by atoms with Gasteiger partial charge in [0.2, 0.25) is 0 Å². The van der Waals surface area contributed by atoms with Gasteiger partial charge in [-0.05, 0) is 18.2 Å². The van der Waals surface area contributed by atoms with Crippen LogP contribution in [-0.2, 0) is 20.1 Å². The quantitative estimate of drug-likeness (QED) is 0.690.